The third kappa shape index (κ3) is 3.26. The summed E-state index contributed by atoms with van der Waals surface area (Å²) in [7, 11) is 1.68. The lowest BCUT2D eigenvalue weighted by molar-refractivity contribution is -0.135. The molecule has 1 unspecified atom stereocenters. The van der Waals surface area contributed by atoms with Crippen LogP contribution in [0.1, 0.15) is 48.8 Å². The molecule has 1 aromatic carbocycles. The number of amides is 1. The van der Waals surface area contributed by atoms with Gasteiger partial charge in [-0.2, -0.15) is 5.10 Å². The van der Waals surface area contributed by atoms with E-state index in [0.717, 1.165) is 62.4 Å². The number of benzene rings is 1. The van der Waals surface area contributed by atoms with E-state index in [9.17, 15) is 4.79 Å². The van der Waals surface area contributed by atoms with Crippen molar-refractivity contribution in [2.24, 2.45) is 0 Å². The van der Waals surface area contributed by atoms with Crippen LogP contribution < -0.4 is 0 Å². The lowest BCUT2D eigenvalue weighted by Gasteiger charge is -2.34. The van der Waals surface area contributed by atoms with Crippen molar-refractivity contribution in [3.8, 4) is 0 Å². The van der Waals surface area contributed by atoms with E-state index in [1.54, 1.807) is 7.11 Å². The van der Waals surface area contributed by atoms with E-state index >= 15 is 0 Å². The predicted octanol–water partition coefficient (Wildman–Crippen LogP) is 2.43. The number of aromatic nitrogens is 3. The summed E-state index contributed by atoms with van der Waals surface area (Å²) in [5.74, 6) is 2.18. The van der Waals surface area contributed by atoms with Crippen LogP contribution in [0, 0.1) is 0 Å². The largest absolute Gasteiger partial charge is 0.384 e. The van der Waals surface area contributed by atoms with E-state index in [-0.39, 0.29) is 17.2 Å². The maximum Gasteiger partial charge on any atom is 0.233 e. The Balaban J connectivity index is 1.45. The van der Waals surface area contributed by atoms with Crippen LogP contribution in [0.2, 0.25) is 0 Å². The van der Waals surface area contributed by atoms with Crippen molar-refractivity contribution < 1.29 is 9.53 Å². The second-order valence-electron chi connectivity index (χ2n) is 7.42. The van der Waals surface area contributed by atoms with Crippen LogP contribution in [0.4, 0.5) is 0 Å². The number of carbonyl (C=O) groups excluding carboxylic acids is 1. The van der Waals surface area contributed by atoms with Crippen LogP contribution in [0.25, 0.3) is 0 Å². The molecule has 26 heavy (non-hydrogen) atoms. The normalized spacial score (nSPS) is 21.6. The Morgan fingerprint density at radius 3 is 2.88 bits per heavy atom. The van der Waals surface area contributed by atoms with Crippen LogP contribution in [-0.2, 0) is 21.4 Å². The van der Waals surface area contributed by atoms with E-state index in [2.05, 4.69) is 27.3 Å². The van der Waals surface area contributed by atoms with E-state index in [1.165, 1.54) is 0 Å². The standard InChI is InChI=1S/C20H26N4O2/c1-26-13-9-17-21-18(23-22-17)15-6-5-12-24(14-15)19(25)20(10-11-20)16-7-3-2-4-8-16/h2-4,7-8,15H,5-6,9-14H2,1H3,(H,21,22,23). The quantitative estimate of drug-likeness (QED) is 0.865. The Labute approximate surface area is 154 Å². The molecule has 1 amide bonds. The lowest BCUT2D eigenvalue weighted by atomic mass is 9.91. The van der Waals surface area contributed by atoms with E-state index in [1.807, 2.05) is 23.1 Å². The zero-order valence-electron chi connectivity index (χ0n) is 15.3. The Kier molecular flexibility index (Phi) is 4.76. The molecule has 1 saturated heterocycles. The van der Waals surface area contributed by atoms with E-state index in [0.29, 0.717) is 6.61 Å². The Bertz CT molecular complexity index is 754. The highest BCUT2D eigenvalue weighted by atomic mass is 16.5. The molecule has 2 heterocycles. The summed E-state index contributed by atoms with van der Waals surface area (Å²) in [4.78, 5) is 19.9. The van der Waals surface area contributed by atoms with Gasteiger partial charge in [0.05, 0.1) is 12.0 Å². The number of nitrogens with zero attached hydrogens (tertiary/aromatic N) is 3. The molecule has 0 bridgehead atoms. The molecular formula is C20H26N4O2. The van der Waals surface area contributed by atoms with Crippen molar-refractivity contribution in [3.63, 3.8) is 0 Å². The highest BCUT2D eigenvalue weighted by Gasteiger charge is 2.53. The molecule has 2 aromatic rings. The maximum atomic E-state index is 13.3. The highest BCUT2D eigenvalue weighted by molar-refractivity contribution is 5.91. The first kappa shape index (κ1) is 17.2. The Morgan fingerprint density at radius 1 is 1.35 bits per heavy atom. The first-order valence-corrected chi connectivity index (χ1v) is 9.48. The zero-order chi connectivity index (χ0) is 18.0. The minimum Gasteiger partial charge on any atom is -0.384 e. The fraction of sp³-hybridized carbons (Fsp3) is 0.550. The van der Waals surface area contributed by atoms with Gasteiger partial charge in [0, 0.05) is 32.5 Å². The number of hydrogen-bond donors (Lipinski definition) is 1. The van der Waals surface area contributed by atoms with Gasteiger partial charge in [-0.15, -0.1) is 0 Å². The molecule has 0 radical (unpaired) electrons. The molecule has 0 spiro atoms. The van der Waals surface area contributed by atoms with Gasteiger partial charge >= 0.3 is 0 Å². The number of nitrogens with one attached hydrogen (secondary N) is 1. The zero-order valence-corrected chi connectivity index (χ0v) is 15.3. The second-order valence-corrected chi connectivity index (χ2v) is 7.42. The number of rotatable bonds is 6. The number of hydrogen-bond acceptors (Lipinski definition) is 4. The smallest absolute Gasteiger partial charge is 0.233 e. The average Bonchev–Trinajstić information content (AvgIpc) is 3.38. The van der Waals surface area contributed by atoms with Crippen molar-refractivity contribution in [1.82, 2.24) is 20.1 Å². The molecule has 1 atom stereocenters. The van der Waals surface area contributed by atoms with Gasteiger partial charge in [0.15, 0.2) is 5.82 Å². The minimum absolute atomic E-state index is 0.215. The highest BCUT2D eigenvalue weighted by Crippen LogP contribution is 2.50. The monoisotopic (exact) mass is 354 g/mol. The van der Waals surface area contributed by atoms with Crippen molar-refractivity contribution in [1.29, 1.82) is 0 Å². The third-order valence-corrected chi connectivity index (χ3v) is 5.65. The van der Waals surface area contributed by atoms with Gasteiger partial charge in [-0.05, 0) is 31.2 Å². The number of likely N-dealkylation sites (tertiary alicyclic amines) is 1. The number of H-pyrrole nitrogens is 1. The van der Waals surface area contributed by atoms with Gasteiger partial charge in [0.2, 0.25) is 5.91 Å². The molecule has 1 aliphatic carbocycles. The fourth-order valence-corrected chi connectivity index (χ4v) is 3.99. The first-order chi connectivity index (χ1) is 12.7. The minimum atomic E-state index is -0.286. The Morgan fingerprint density at radius 2 is 2.15 bits per heavy atom. The van der Waals surface area contributed by atoms with Gasteiger partial charge in [-0.1, -0.05) is 30.3 Å². The molecule has 6 heteroatoms. The van der Waals surface area contributed by atoms with E-state index in [4.69, 9.17) is 4.74 Å². The summed E-state index contributed by atoms with van der Waals surface area (Å²) < 4.78 is 5.09. The summed E-state index contributed by atoms with van der Waals surface area (Å²) in [6, 6.07) is 10.2. The van der Waals surface area contributed by atoms with Gasteiger partial charge in [0.1, 0.15) is 5.82 Å². The van der Waals surface area contributed by atoms with Gasteiger partial charge in [-0.25, -0.2) is 4.98 Å². The average molecular weight is 354 g/mol. The number of ether oxygens (including phenoxy) is 1. The summed E-state index contributed by atoms with van der Waals surface area (Å²) in [5.41, 5.74) is 0.873. The van der Waals surface area contributed by atoms with Crippen LogP contribution in [0.5, 0.6) is 0 Å². The van der Waals surface area contributed by atoms with Crippen molar-refractivity contribution in [3.05, 3.63) is 47.5 Å². The van der Waals surface area contributed by atoms with Crippen LogP contribution >= 0.6 is 0 Å². The molecular weight excluding hydrogens is 328 g/mol. The summed E-state index contributed by atoms with van der Waals surface area (Å²) >= 11 is 0. The molecule has 1 N–H and O–H groups in total. The predicted molar refractivity (Wildman–Crippen MR) is 97.9 cm³/mol. The molecule has 4 rings (SSSR count). The fourth-order valence-electron chi connectivity index (χ4n) is 3.99. The number of methoxy groups -OCH3 is 1. The SMILES string of the molecule is COCCc1nc(C2CCCN(C(=O)C3(c4ccccc4)CC3)C2)n[nH]1. The third-order valence-electron chi connectivity index (χ3n) is 5.65. The number of aromatic amines is 1. The van der Waals surface area contributed by atoms with Crippen molar-refractivity contribution >= 4 is 5.91 Å². The van der Waals surface area contributed by atoms with Gasteiger partial charge in [0.25, 0.3) is 0 Å². The molecule has 1 aliphatic heterocycles. The van der Waals surface area contributed by atoms with E-state index < -0.39 is 0 Å². The van der Waals surface area contributed by atoms with Crippen LogP contribution in [0.15, 0.2) is 30.3 Å². The molecule has 6 nitrogen and oxygen atoms in total. The first-order valence-electron chi connectivity index (χ1n) is 9.48. The van der Waals surface area contributed by atoms with Crippen molar-refractivity contribution in [2.45, 2.75) is 43.4 Å². The number of piperidine rings is 1. The molecule has 138 valence electrons. The van der Waals surface area contributed by atoms with Gasteiger partial charge < -0.3 is 9.64 Å². The second kappa shape index (κ2) is 7.19. The molecule has 2 aliphatic rings. The van der Waals surface area contributed by atoms with Crippen LogP contribution in [-0.4, -0.2) is 52.8 Å². The molecule has 1 aromatic heterocycles. The maximum absolute atomic E-state index is 13.3. The lowest BCUT2D eigenvalue weighted by Crippen LogP contribution is -2.44. The Hall–Kier alpha value is -2.21. The number of carbonyl (C=O) groups is 1. The summed E-state index contributed by atoms with van der Waals surface area (Å²) in [5, 5.41) is 7.40. The van der Waals surface area contributed by atoms with Crippen LogP contribution in [0.3, 0.4) is 0 Å². The summed E-state index contributed by atoms with van der Waals surface area (Å²) in [6.07, 6.45) is 4.68. The summed E-state index contributed by atoms with van der Waals surface area (Å²) in [6.45, 7) is 2.18. The molecule has 2 fully saturated rings. The van der Waals surface area contributed by atoms with Crippen molar-refractivity contribution in [2.75, 3.05) is 26.8 Å². The molecule has 1 saturated carbocycles. The van der Waals surface area contributed by atoms with Gasteiger partial charge in [-0.3, -0.25) is 9.89 Å². The topological polar surface area (TPSA) is 71.1 Å².